The van der Waals surface area contributed by atoms with Gasteiger partial charge in [-0.25, -0.2) is 0 Å². The van der Waals surface area contributed by atoms with E-state index in [9.17, 15) is 18.0 Å². The first-order valence-electron chi connectivity index (χ1n) is 6.43. The summed E-state index contributed by atoms with van der Waals surface area (Å²) in [6, 6.07) is 1.56. The van der Waals surface area contributed by atoms with Crippen molar-refractivity contribution >= 4 is 11.8 Å². The maximum absolute atomic E-state index is 12.2. The predicted molar refractivity (Wildman–Crippen MR) is 65.3 cm³/mol. The van der Waals surface area contributed by atoms with Crippen molar-refractivity contribution in [3.05, 3.63) is 12.3 Å². The standard InChI is InChI=1S/C12H16F3N3O2/c13-12(14,15)7-18-6-5-10(17-18)16-9-3-1-8(2-4-9)11(19)20/h5-6,8-9H,1-4,7H2,(H,16,17)(H,19,20). The van der Waals surface area contributed by atoms with Crippen molar-refractivity contribution in [1.82, 2.24) is 9.78 Å². The second kappa shape index (κ2) is 5.72. The lowest BCUT2D eigenvalue weighted by Crippen LogP contribution is -2.29. The zero-order valence-corrected chi connectivity index (χ0v) is 10.7. The predicted octanol–water partition coefficient (Wildman–Crippen LogP) is 2.50. The van der Waals surface area contributed by atoms with Crippen molar-refractivity contribution < 1.29 is 23.1 Å². The van der Waals surface area contributed by atoms with Crippen LogP contribution in [0, 0.1) is 5.92 Å². The first-order valence-corrected chi connectivity index (χ1v) is 6.43. The van der Waals surface area contributed by atoms with E-state index < -0.39 is 18.7 Å². The van der Waals surface area contributed by atoms with Gasteiger partial charge in [-0.15, -0.1) is 0 Å². The molecule has 0 unspecified atom stereocenters. The average molecular weight is 291 g/mol. The molecule has 2 N–H and O–H groups in total. The third-order valence-electron chi connectivity index (χ3n) is 3.41. The summed E-state index contributed by atoms with van der Waals surface area (Å²) in [7, 11) is 0. The summed E-state index contributed by atoms with van der Waals surface area (Å²) in [5.41, 5.74) is 0. The van der Waals surface area contributed by atoms with Crippen LogP contribution in [0.25, 0.3) is 0 Å². The number of nitrogens with one attached hydrogen (secondary N) is 1. The maximum Gasteiger partial charge on any atom is 0.408 e. The molecule has 5 nitrogen and oxygen atoms in total. The Labute approximate surface area is 113 Å². The molecule has 0 bridgehead atoms. The number of carboxylic acid groups (broad SMARTS) is 1. The maximum atomic E-state index is 12.2. The van der Waals surface area contributed by atoms with Gasteiger partial charge in [0.25, 0.3) is 0 Å². The van der Waals surface area contributed by atoms with Crippen molar-refractivity contribution in [2.24, 2.45) is 5.92 Å². The fourth-order valence-electron chi connectivity index (χ4n) is 2.40. The number of alkyl halides is 3. The first-order chi connectivity index (χ1) is 9.33. The van der Waals surface area contributed by atoms with Gasteiger partial charge in [-0.05, 0) is 25.7 Å². The van der Waals surface area contributed by atoms with Crippen molar-refractivity contribution in [2.45, 2.75) is 44.4 Å². The molecular formula is C12H16F3N3O2. The van der Waals surface area contributed by atoms with Crippen LogP contribution in [0.3, 0.4) is 0 Å². The zero-order valence-electron chi connectivity index (χ0n) is 10.7. The number of halogens is 3. The monoisotopic (exact) mass is 291 g/mol. The molecule has 8 heteroatoms. The number of hydrogen-bond donors (Lipinski definition) is 2. The molecule has 1 fully saturated rings. The minimum absolute atomic E-state index is 0.0693. The molecule has 1 heterocycles. The van der Waals surface area contributed by atoms with Crippen molar-refractivity contribution in [3.63, 3.8) is 0 Å². The number of rotatable bonds is 4. The van der Waals surface area contributed by atoms with Crippen LogP contribution in [0.2, 0.25) is 0 Å². The van der Waals surface area contributed by atoms with Crippen LogP contribution in [-0.4, -0.2) is 33.1 Å². The molecule has 0 saturated heterocycles. The van der Waals surface area contributed by atoms with E-state index >= 15 is 0 Å². The van der Waals surface area contributed by atoms with Gasteiger partial charge in [0, 0.05) is 18.3 Å². The highest BCUT2D eigenvalue weighted by Gasteiger charge is 2.29. The van der Waals surface area contributed by atoms with E-state index in [-0.39, 0.29) is 12.0 Å². The highest BCUT2D eigenvalue weighted by atomic mass is 19.4. The summed E-state index contributed by atoms with van der Waals surface area (Å²) >= 11 is 0. The van der Waals surface area contributed by atoms with Crippen LogP contribution < -0.4 is 5.32 Å². The SMILES string of the molecule is O=C(O)C1CCC(Nc2ccn(CC(F)(F)F)n2)CC1. The van der Waals surface area contributed by atoms with Gasteiger partial charge >= 0.3 is 12.1 Å². The third kappa shape index (κ3) is 4.14. The van der Waals surface area contributed by atoms with E-state index in [1.54, 1.807) is 0 Å². The molecule has 0 amide bonds. The van der Waals surface area contributed by atoms with Gasteiger partial charge in [-0.3, -0.25) is 9.48 Å². The number of nitrogens with zero attached hydrogens (tertiary/aromatic N) is 2. The highest BCUT2D eigenvalue weighted by molar-refractivity contribution is 5.70. The molecule has 0 aromatic carbocycles. The molecular weight excluding hydrogens is 275 g/mol. The van der Waals surface area contributed by atoms with E-state index in [4.69, 9.17) is 5.11 Å². The second-order valence-corrected chi connectivity index (χ2v) is 5.04. The summed E-state index contributed by atoms with van der Waals surface area (Å²) in [6.45, 7) is -1.11. The lowest BCUT2D eigenvalue weighted by Gasteiger charge is -2.26. The Morgan fingerprint density at radius 3 is 2.60 bits per heavy atom. The fraction of sp³-hybridized carbons (Fsp3) is 0.667. The summed E-state index contributed by atoms with van der Waals surface area (Å²) in [5.74, 6) is -0.693. The van der Waals surface area contributed by atoms with Crippen LogP contribution in [0.4, 0.5) is 19.0 Å². The topological polar surface area (TPSA) is 67.2 Å². The van der Waals surface area contributed by atoms with Crippen molar-refractivity contribution in [3.8, 4) is 0 Å². The Bertz CT molecular complexity index is 465. The number of aromatic nitrogens is 2. The molecule has 112 valence electrons. The summed E-state index contributed by atoms with van der Waals surface area (Å²) in [6.07, 6.45) is -0.486. The number of carbonyl (C=O) groups is 1. The molecule has 2 rings (SSSR count). The molecule has 1 aliphatic carbocycles. The van der Waals surface area contributed by atoms with Gasteiger partial charge in [0.2, 0.25) is 0 Å². The van der Waals surface area contributed by atoms with Gasteiger partial charge in [0.15, 0.2) is 0 Å². The third-order valence-corrected chi connectivity index (χ3v) is 3.41. The minimum atomic E-state index is -4.29. The molecule has 20 heavy (non-hydrogen) atoms. The number of carboxylic acids is 1. The fourth-order valence-corrected chi connectivity index (χ4v) is 2.40. The highest BCUT2D eigenvalue weighted by Crippen LogP contribution is 2.26. The number of hydrogen-bond acceptors (Lipinski definition) is 3. The lowest BCUT2D eigenvalue weighted by molar-refractivity contribution is -0.143. The van der Waals surface area contributed by atoms with E-state index in [1.165, 1.54) is 12.3 Å². The Hall–Kier alpha value is -1.73. The van der Waals surface area contributed by atoms with Crippen LogP contribution >= 0.6 is 0 Å². The first kappa shape index (κ1) is 14.7. The van der Waals surface area contributed by atoms with Gasteiger partial charge < -0.3 is 10.4 Å². The van der Waals surface area contributed by atoms with E-state index in [0.717, 1.165) is 4.68 Å². The van der Waals surface area contributed by atoms with Crippen LogP contribution in [0.15, 0.2) is 12.3 Å². The quantitative estimate of drug-likeness (QED) is 0.894. The summed E-state index contributed by atoms with van der Waals surface area (Å²) < 4.78 is 37.4. The zero-order chi connectivity index (χ0) is 14.8. The number of anilines is 1. The summed E-state index contributed by atoms with van der Waals surface area (Å²) in [5, 5.41) is 15.8. The Balaban J connectivity index is 1.84. The molecule has 0 spiro atoms. The molecule has 1 aromatic heterocycles. The van der Waals surface area contributed by atoms with Gasteiger partial charge in [-0.2, -0.15) is 18.3 Å². The number of aliphatic carboxylic acids is 1. The van der Waals surface area contributed by atoms with Crippen molar-refractivity contribution in [1.29, 1.82) is 0 Å². The molecule has 1 aromatic rings. The van der Waals surface area contributed by atoms with E-state index in [0.29, 0.717) is 31.5 Å². The lowest BCUT2D eigenvalue weighted by atomic mass is 9.86. The van der Waals surface area contributed by atoms with Crippen LogP contribution in [0.5, 0.6) is 0 Å². The Kier molecular flexibility index (Phi) is 4.20. The molecule has 1 saturated carbocycles. The summed E-state index contributed by atoms with van der Waals surface area (Å²) in [4.78, 5) is 10.8. The second-order valence-electron chi connectivity index (χ2n) is 5.04. The molecule has 0 aliphatic heterocycles. The van der Waals surface area contributed by atoms with Gasteiger partial charge in [0.05, 0.1) is 5.92 Å². The molecule has 1 aliphatic rings. The van der Waals surface area contributed by atoms with E-state index in [2.05, 4.69) is 10.4 Å². The average Bonchev–Trinajstić information content (AvgIpc) is 2.74. The smallest absolute Gasteiger partial charge is 0.408 e. The molecule has 0 radical (unpaired) electrons. The van der Waals surface area contributed by atoms with Crippen LogP contribution in [0.1, 0.15) is 25.7 Å². The van der Waals surface area contributed by atoms with Crippen molar-refractivity contribution in [2.75, 3.05) is 5.32 Å². The van der Waals surface area contributed by atoms with E-state index in [1.807, 2.05) is 0 Å². The van der Waals surface area contributed by atoms with Crippen LogP contribution in [-0.2, 0) is 11.3 Å². The Morgan fingerprint density at radius 2 is 2.05 bits per heavy atom. The molecule has 0 atom stereocenters. The normalized spacial score (nSPS) is 23.6. The van der Waals surface area contributed by atoms with Gasteiger partial charge in [-0.1, -0.05) is 0 Å². The largest absolute Gasteiger partial charge is 0.481 e. The van der Waals surface area contributed by atoms with Gasteiger partial charge in [0.1, 0.15) is 12.4 Å². The minimum Gasteiger partial charge on any atom is -0.481 e. The Morgan fingerprint density at radius 1 is 1.40 bits per heavy atom.